The minimum Gasteiger partial charge on any atom is -0.481 e. The molecule has 1 atom stereocenters. The Labute approximate surface area is 69.2 Å². The molecular weight excluding hydrogens is 162 g/mol. The number of rotatable bonds is 5. The molecule has 0 aromatic carbocycles. The number of carboxylic acids is 2. The lowest BCUT2D eigenvalue weighted by Crippen LogP contribution is -2.08. The average molecular weight is 171 g/mol. The van der Waals surface area contributed by atoms with E-state index in [1.807, 2.05) is 0 Å². The molecule has 0 heterocycles. The molecule has 0 aliphatic heterocycles. The van der Waals surface area contributed by atoms with Gasteiger partial charge in [0.25, 0.3) is 0 Å². The number of carboxylic acid groups (broad SMARTS) is 2. The number of nitrogens with zero attached hydrogens (tertiary/aromatic N) is 1. The van der Waals surface area contributed by atoms with Crippen molar-refractivity contribution in [2.45, 2.75) is 19.3 Å². The molecule has 0 rings (SSSR count). The van der Waals surface area contributed by atoms with E-state index < -0.39 is 17.9 Å². The van der Waals surface area contributed by atoms with Crippen molar-refractivity contribution in [1.82, 2.24) is 0 Å². The van der Waals surface area contributed by atoms with Gasteiger partial charge < -0.3 is 10.2 Å². The van der Waals surface area contributed by atoms with E-state index in [-0.39, 0.29) is 19.3 Å². The van der Waals surface area contributed by atoms with E-state index in [2.05, 4.69) is 0 Å². The second-order valence-electron chi connectivity index (χ2n) is 2.36. The lowest BCUT2D eigenvalue weighted by Gasteiger charge is -2.01. The summed E-state index contributed by atoms with van der Waals surface area (Å²) in [5.74, 6) is -2.79. The molecule has 0 aromatic heterocycles. The smallest absolute Gasteiger partial charge is 0.304 e. The predicted molar refractivity (Wildman–Crippen MR) is 38.2 cm³/mol. The van der Waals surface area contributed by atoms with Crippen LogP contribution < -0.4 is 0 Å². The molecule has 5 nitrogen and oxygen atoms in total. The quantitative estimate of drug-likeness (QED) is 0.626. The maximum atomic E-state index is 10.1. The standard InChI is InChI=1S/C7H9NO4/c8-4-5(3-7(11)12)1-2-6(9)10/h5H,1-3H2,(H,9,10)(H,11,12). The summed E-state index contributed by atoms with van der Waals surface area (Å²) in [6.45, 7) is 0. The van der Waals surface area contributed by atoms with Crippen LogP contribution in [-0.2, 0) is 9.59 Å². The SMILES string of the molecule is N#CC(CCC(=O)O)CC(=O)O. The zero-order valence-corrected chi connectivity index (χ0v) is 6.36. The maximum Gasteiger partial charge on any atom is 0.304 e. The zero-order chi connectivity index (χ0) is 9.56. The van der Waals surface area contributed by atoms with Crippen LogP contribution in [-0.4, -0.2) is 22.2 Å². The predicted octanol–water partition coefficient (Wildman–Crippen LogP) is 0.466. The van der Waals surface area contributed by atoms with Gasteiger partial charge in [0.1, 0.15) is 0 Å². The fourth-order valence-electron chi connectivity index (χ4n) is 0.721. The zero-order valence-electron chi connectivity index (χ0n) is 6.36. The molecule has 1 unspecified atom stereocenters. The van der Waals surface area contributed by atoms with E-state index in [9.17, 15) is 9.59 Å². The van der Waals surface area contributed by atoms with Gasteiger partial charge in [-0.05, 0) is 6.42 Å². The summed E-state index contributed by atoms with van der Waals surface area (Å²) in [6.07, 6.45) is -0.354. The first kappa shape index (κ1) is 10.4. The Kier molecular flexibility index (Phi) is 4.46. The highest BCUT2D eigenvalue weighted by Gasteiger charge is 2.13. The van der Waals surface area contributed by atoms with E-state index in [0.717, 1.165) is 0 Å². The number of carbonyl (C=O) groups is 2. The fraction of sp³-hybridized carbons (Fsp3) is 0.571. The molecule has 0 aromatic rings. The van der Waals surface area contributed by atoms with Crippen LogP contribution >= 0.6 is 0 Å². The van der Waals surface area contributed by atoms with Gasteiger partial charge in [0.05, 0.1) is 18.4 Å². The molecule has 12 heavy (non-hydrogen) atoms. The van der Waals surface area contributed by atoms with Crippen LogP contribution in [0.4, 0.5) is 0 Å². The van der Waals surface area contributed by atoms with Gasteiger partial charge in [0.2, 0.25) is 0 Å². The summed E-state index contributed by atoms with van der Waals surface area (Å²) in [5.41, 5.74) is 0. The molecule has 0 aliphatic carbocycles. The van der Waals surface area contributed by atoms with Crippen molar-refractivity contribution in [1.29, 1.82) is 5.26 Å². The van der Waals surface area contributed by atoms with Gasteiger partial charge in [-0.3, -0.25) is 9.59 Å². The summed E-state index contributed by atoms with van der Waals surface area (Å²) in [7, 11) is 0. The van der Waals surface area contributed by atoms with E-state index in [4.69, 9.17) is 15.5 Å². The Hall–Kier alpha value is -1.57. The molecule has 2 N–H and O–H groups in total. The Morgan fingerprint density at radius 1 is 1.33 bits per heavy atom. The third-order valence-corrected chi connectivity index (χ3v) is 1.31. The van der Waals surface area contributed by atoms with Gasteiger partial charge in [-0.1, -0.05) is 0 Å². The molecule has 0 radical (unpaired) electrons. The van der Waals surface area contributed by atoms with Crippen LogP contribution in [0.15, 0.2) is 0 Å². The van der Waals surface area contributed by atoms with Crippen molar-refractivity contribution in [2.24, 2.45) is 5.92 Å². The summed E-state index contributed by atoms with van der Waals surface area (Å²) in [5, 5.41) is 24.9. The van der Waals surface area contributed by atoms with Crippen LogP contribution in [0.2, 0.25) is 0 Å². The number of nitriles is 1. The first-order valence-corrected chi connectivity index (χ1v) is 3.39. The molecule has 0 amide bonds. The Morgan fingerprint density at radius 2 is 1.92 bits per heavy atom. The highest BCUT2D eigenvalue weighted by Crippen LogP contribution is 2.09. The van der Waals surface area contributed by atoms with E-state index in [1.165, 1.54) is 0 Å². The van der Waals surface area contributed by atoms with E-state index >= 15 is 0 Å². The second-order valence-corrected chi connectivity index (χ2v) is 2.36. The molecule has 0 spiro atoms. The molecule has 66 valence electrons. The molecule has 0 aliphatic rings. The normalized spacial score (nSPS) is 11.6. The average Bonchev–Trinajstić information content (AvgIpc) is 1.97. The monoisotopic (exact) mass is 171 g/mol. The molecule has 0 bridgehead atoms. The van der Waals surface area contributed by atoms with Gasteiger partial charge in [-0.2, -0.15) is 5.26 Å². The van der Waals surface area contributed by atoms with Gasteiger partial charge in [0.15, 0.2) is 0 Å². The van der Waals surface area contributed by atoms with Crippen molar-refractivity contribution in [3.05, 3.63) is 0 Å². The summed E-state index contributed by atoms with van der Waals surface area (Å²) < 4.78 is 0. The van der Waals surface area contributed by atoms with Crippen LogP contribution in [0.1, 0.15) is 19.3 Å². The lowest BCUT2D eigenvalue weighted by molar-refractivity contribution is -0.140. The van der Waals surface area contributed by atoms with Crippen LogP contribution in [0, 0.1) is 17.2 Å². The van der Waals surface area contributed by atoms with Gasteiger partial charge >= 0.3 is 11.9 Å². The summed E-state index contributed by atoms with van der Waals surface area (Å²) >= 11 is 0. The van der Waals surface area contributed by atoms with Crippen LogP contribution in [0.5, 0.6) is 0 Å². The molecule has 0 saturated heterocycles. The summed E-state index contributed by atoms with van der Waals surface area (Å²) in [4.78, 5) is 20.2. The Morgan fingerprint density at radius 3 is 2.25 bits per heavy atom. The third kappa shape index (κ3) is 5.23. The van der Waals surface area contributed by atoms with Crippen LogP contribution in [0.3, 0.4) is 0 Å². The first-order chi connectivity index (χ1) is 5.56. The largest absolute Gasteiger partial charge is 0.481 e. The fourth-order valence-corrected chi connectivity index (χ4v) is 0.721. The van der Waals surface area contributed by atoms with Gasteiger partial charge in [-0.25, -0.2) is 0 Å². The van der Waals surface area contributed by atoms with E-state index in [1.54, 1.807) is 6.07 Å². The topological polar surface area (TPSA) is 98.4 Å². The lowest BCUT2D eigenvalue weighted by atomic mass is 10.0. The third-order valence-electron chi connectivity index (χ3n) is 1.31. The molecule has 0 fully saturated rings. The number of hydrogen-bond donors (Lipinski definition) is 2. The molecule has 0 saturated carbocycles. The van der Waals surface area contributed by atoms with Crippen molar-refractivity contribution >= 4 is 11.9 Å². The minimum absolute atomic E-state index is 0.0954. The first-order valence-electron chi connectivity index (χ1n) is 3.39. The minimum atomic E-state index is -1.08. The van der Waals surface area contributed by atoms with Gasteiger partial charge in [0, 0.05) is 6.42 Å². The van der Waals surface area contributed by atoms with Crippen LogP contribution in [0.25, 0.3) is 0 Å². The Balaban J connectivity index is 3.78. The maximum absolute atomic E-state index is 10.1. The highest BCUT2D eigenvalue weighted by atomic mass is 16.4. The molecule has 5 heteroatoms. The van der Waals surface area contributed by atoms with Crippen molar-refractivity contribution < 1.29 is 19.8 Å². The van der Waals surface area contributed by atoms with Gasteiger partial charge in [-0.15, -0.1) is 0 Å². The van der Waals surface area contributed by atoms with Crippen molar-refractivity contribution in [3.63, 3.8) is 0 Å². The van der Waals surface area contributed by atoms with E-state index in [0.29, 0.717) is 0 Å². The Bertz CT molecular complexity index is 218. The second kappa shape index (κ2) is 5.13. The number of hydrogen-bond acceptors (Lipinski definition) is 3. The highest BCUT2D eigenvalue weighted by molar-refractivity contribution is 5.68. The number of aliphatic carboxylic acids is 2. The van der Waals surface area contributed by atoms with Crippen molar-refractivity contribution in [2.75, 3.05) is 0 Å². The molecular formula is C7H9NO4. The van der Waals surface area contributed by atoms with Crippen molar-refractivity contribution in [3.8, 4) is 6.07 Å². The summed E-state index contributed by atoms with van der Waals surface area (Å²) in [6, 6.07) is 1.74.